The molecule has 0 aliphatic carbocycles. The smallest absolute Gasteiger partial charge is 0.138 e. The molecular formula is C14H28N4O. The van der Waals surface area contributed by atoms with Crippen LogP contribution in [-0.4, -0.2) is 33.5 Å². The molecule has 5 nitrogen and oxygen atoms in total. The van der Waals surface area contributed by atoms with Crippen LogP contribution in [0.3, 0.4) is 0 Å². The first-order chi connectivity index (χ1) is 8.77. The molecule has 1 aromatic rings. The van der Waals surface area contributed by atoms with E-state index in [0.29, 0.717) is 19.1 Å². The molecule has 19 heavy (non-hydrogen) atoms. The van der Waals surface area contributed by atoms with Crippen LogP contribution < -0.4 is 5.73 Å². The minimum absolute atomic E-state index is 0.00909. The Labute approximate surface area is 116 Å². The van der Waals surface area contributed by atoms with Crippen molar-refractivity contribution in [3.8, 4) is 0 Å². The van der Waals surface area contributed by atoms with E-state index in [1.165, 1.54) is 0 Å². The molecular weight excluding hydrogens is 240 g/mol. The monoisotopic (exact) mass is 268 g/mol. The summed E-state index contributed by atoms with van der Waals surface area (Å²) in [4.78, 5) is 4.32. The molecule has 0 radical (unpaired) electrons. The van der Waals surface area contributed by atoms with Crippen LogP contribution in [0.5, 0.6) is 0 Å². The van der Waals surface area contributed by atoms with Gasteiger partial charge >= 0.3 is 0 Å². The average Bonchev–Trinajstić information content (AvgIpc) is 2.72. The number of nitrogens with zero attached hydrogens (tertiary/aromatic N) is 3. The van der Waals surface area contributed by atoms with Crippen molar-refractivity contribution in [3.05, 3.63) is 12.2 Å². The summed E-state index contributed by atoms with van der Waals surface area (Å²) < 4.78 is 7.76. The van der Waals surface area contributed by atoms with Crippen LogP contribution in [0.15, 0.2) is 6.33 Å². The lowest BCUT2D eigenvalue weighted by Gasteiger charge is -2.34. The molecule has 1 aromatic heterocycles. The van der Waals surface area contributed by atoms with E-state index in [2.05, 4.69) is 44.7 Å². The number of aromatic nitrogens is 3. The van der Waals surface area contributed by atoms with Gasteiger partial charge in [-0.3, -0.25) is 0 Å². The predicted molar refractivity (Wildman–Crippen MR) is 77.0 cm³/mol. The molecule has 0 saturated carbocycles. The van der Waals surface area contributed by atoms with Crippen LogP contribution in [0.2, 0.25) is 0 Å². The molecule has 0 bridgehead atoms. The van der Waals surface area contributed by atoms with E-state index in [1.54, 1.807) is 6.33 Å². The fraction of sp³-hybridized carbons (Fsp3) is 0.857. The molecule has 2 N–H and O–H groups in total. The van der Waals surface area contributed by atoms with Crippen LogP contribution in [0.4, 0.5) is 0 Å². The lowest BCUT2D eigenvalue weighted by Crippen LogP contribution is -2.47. The van der Waals surface area contributed by atoms with Gasteiger partial charge in [-0.1, -0.05) is 20.8 Å². The zero-order valence-electron chi connectivity index (χ0n) is 13.1. The highest BCUT2D eigenvalue weighted by molar-refractivity contribution is 4.95. The summed E-state index contributed by atoms with van der Waals surface area (Å²) >= 11 is 0. The first kappa shape index (κ1) is 16.1. The van der Waals surface area contributed by atoms with Gasteiger partial charge in [0.25, 0.3) is 0 Å². The Bertz CT molecular complexity index is 381. The quantitative estimate of drug-likeness (QED) is 0.858. The van der Waals surface area contributed by atoms with Crippen molar-refractivity contribution in [1.29, 1.82) is 0 Å². The van der Waals surface area contributed by atoms with Gasteiger partial charge in [0.1, 0.15) is 12.2 Å². The molecule has 0 aliphatic rings. The van der Waals surface area contributed by atoms with Gasteiger partial charge in [0.15, 0.2) is 0 Å². The van der Waals surface area contributed by atoms with Gasteiger partial charge in [0.2, 0.25) is 0 Å². The Morgan fingerprint density at radius 2 is 2.00 bits per heavy atom. The largest absolute Gasteiger partial charge is 0.376 e. The van der Waals surface area contributed by atoms with Crippen molar-refractivity contribution in [2.75, 3.05) is 6.61 Å². The van der Waals surface area contributed by atoms with E-state index in [4.69, 9.17) is 10.5 Å². The first-order valence-corrected chi connectivity index (χ1v) is 7.03. The Morgan fingerprint density at radius 1 is 1.37 bits per heavy atom. The molecule has 0 amide bonds. The van der Waals surface area contributed by atoms with E-state index in [-0.39, 0.29) is 17.6 Å². The van der Waals surface area contributed by atoms with Crippen LogP contribution in [0, 0.1) is 5.41 Å². The van der Waals surface area contributed by atoms with Gasteiger partial charge in [-0.05, 0) is 26.2 Å². The maximum atomic E-state index is 6.34. The molecule has 110 valence electrons. The van der Waals surface area contributed by atoms with Gasteiger partial charge in [0, 0.05) is 25.1 Å². The van der Waals surface area contributed by atoms with Crippen molar-refractivity contribution in [2.45, 2.75) is 66.2 Å². The first-order valence-electron chi connectivity index (χ1n) is 7.03. The zero-order valence-corrected chi connectivity index (χ0v) is 13.1. The summed E-state index contributed by atoms with van der Waals surface area (Å²) in [5, 5.41) is 4.25. The van der Waals surface area contributed by atoms with Gasteiger partial charge in [-0.15, -0.1) is 0 Å². The minimum Gasteiger partial charge on any atom is -0.376 e. The van der Waals surface area contributed by atoms with Gasteiger partial charge in [0.05, 0.1) is 6.10 Å². The maximum absolute atomic E-state index is 6.34. The molecule has 5 heteroatoms. The molecule has 0 saturated heterocycles. The second-order valence-corrected chi connectivity index (χ2v) is 6.32. The summed E-state index contributed by atoms with van der Waals surface area (Å²) in [5.41, 5.74) is 6.36. The number of nitrogens with two attached hydrogens (primary N) is 1. The number of hydrogen-bond acceptors (Lipinski definition) is 4. The van der Waals surface area contributed by atoms with Crippen LogP contribution in [0.25, 0.3) is 0 Å². The highest BCUT2D eigenvalue weighted by Gasteiger charge is 2.31. The van der Waals surface area contributed by atoms with Gasteiger partial charge in [-0.25, -0.2) is 9.67 Å². The Kier molecular flexibility index (Phi) is 5.50. The molecule has 1 rings (SSSR count). The standard InChI is InChI=1S/C14H28N4O/c1-7-19-13(14(4,5)6)11(15)8-12-16-9-17-18(12)10(2)3/h9-11,13H,7-8,15H2,1-6H3. The van der Waals surface area contributed by atoms with E-state index in [0.717, 1.165) is 5.82 Å². The Balaban J connectivity index is 2.81. The van der Waals surface area contributed by atoms with Crippen molar-refractivity contribution in [1.82, 2.24) is 14.8 Å². The zero-order chi connectivity index (χ0) is 14.6. The third-order valence-corrected chi connectivity index (χ3v) is 3.14. The van der Waals surface area contributed by atoms with Crippen LogP contribution in [-0.2, 0) is 11.2 Å². The molecule has 1 heterocycles. The second kappa shape index (κ2) is 6.48. The molecule has 0 fully saturated rings. The number of ether oxygens (including phenoxy) is 1. The highest BCUT2D eigenvalue weighted by Crippen LogP contribution is 2.25. The van der Waals surface area contributed by atoms with E-state index in [1.807, 2.05) is 11.6 Å². The molecule has 0 aromatic carbocycles. The lowest BCUT2D eigenvalue weighted by atomic mass is 9.83. The van der Waals surface area contributed by atoms with E-state index >= 15 is 0 Å². The SMILES string of the molecule is CCOC(C(N)Cc1ncnn1C(C)C)C(C)(C)C. The molecule has 2 unspecified atom stereocenters. The molecule has 0 aliphatic heterocycles. The highest BCUT2D eigenvalue weighted by atomic mass is 16.5. The van der Waals surface area contributed by atoms with Crippen molar-refractivity contribution in [2.24, 2.45) is 11.1 Å². The summed E-state index contributed by atoms with van der Waals surface area (Å²) in [6.07, 6.45) is 2.28. The fourth-order valence-corrected chi connectivity index (χ4v) is 2.36. The van der Waals surface area contributed by atoms with Crippen LogP contribution >= 0.6 is 0 Å². The number of hydrogen-bond donors (Lipinski definition) is 1. The summed E-state index contributed by atoms with van der Waals surface area (Å²) in [5.74, 6) is 0.927. The van der Waals surface area contributed by atoms with E-state index in [9.17, 15) is 0 Å². The fourth-order valence-electron chi connectivity index (χ4n) is 2.36. The summed E-state index contributed by atoms with van der Waals surface area (Å²) in [6, 6.07) is 0.214. The normalized spacial score (nSPS) is 15.8. The minimum atomic E-state index is -0.0818. The summed E-state index contributed by atoms with van der Waals surface area (Å²) in [7, 11) is 0. The Morgan fingerprint density at radius 3 is 2.47 bits per heavy atom. The Hall–Kier alpha value is -0.940. The predicted octanol–water partition coefficient (Wildman–Crippen LogP) is 2.18. The van der Waals surface area contributed by atoms with Gasteiger partial charge < -0.3 is 10.5 Å². The topological polar surface area (TPSA) is 66.0 Å². The van der Waals surface area contributed by atoms with E-state index < -0.39 is 0 Å². The number of rotatable bonds is 6. The van der Waals surface area contributed by atoms with Crippen molar-refractivity contribution in [3.63, 3.8) is 0 Å². The van der Waals surface area contributed by atoms with Crippen molar-refractivity contribution >= 4 is 0 Å². The van der Waals surface area contributed by atoms with Crippen LogP contribution in [0.1, 0.15) is 53.4 Å². The third-order valence-electron chi connectivity index (χ3n) is 3.14. The third kappa shape index (κ3) is 4.28. The summed E-state index contributed by atoms with van der Waals surface area (Å²) in [6.45, 7) is 13.3. The lowest BCUT2D eigenvalue weighted by molar-refractivity contribution is -0.0279. The molecule has 0 spiro atoms. The van der Waals surface area contributed by atoms with Gasteiger partial charge in [-0.2, -0.15) is 5.10 Å². The average molecular weight is 268 g/mol. The molecule has 2 atom stereocenters. The van der Waals surface area contributed by atoms with Crippen molar-refractivity contribution < 1.29 is 4.74 Å². The maximum Gasteiger partial charge on any atom is 0.138 e. The second-order valence-electron chi connectivity index (χ2n) is 6.32.